The lowest BCUT2D eigenvalue weighted by Crippen LogP contribution is -2.08. The lowest BCUT2D eigenvalue weighted by molar-refractivity contribution is 0.292. The Bertz CT molecular complexity index is 879. The van der Waals surface area contributed by atoms with Gasteiger partial charge < -0.3 is 15.7 Å². The number of pyridine rings is 1. The number of rotatable bonds is 7. The first-order valence-electron chi connectivity index (χ1n) is 8.02. The minimum Gasteiger partial charge on any atom is -0.396 e. The molecular formula is C18H17ClIN5O. The van der Waals surface area contributed by atoms with E-state index in [0.717, 1.165) is 20.5 Å². The number of aliphatic hydroxyl groups excluding tert-OH is 1. The Balaban J connectivity index is 1.93. The number of hydrogen-bond donors (Lipinski definition) is 3. The average Bonchev–Trinajstić information content (AvgIpc) is 2.65. The number of nitrogens with zero attached hydrogens (tertiary/aromatic N) is 3. The Morgan fingerprint density at radius 1 is 1.08 bits per heavy atom. The SMILES string of the molecule is OCCCNc1nc(Nc2ccc(I)cc2Cl)cc(-c2ccncc2)n1. The van der Waals surface area contributed by atoms with Crippen LogP contribution >= 0.6 is 34.2 Å². The minimum atomic E-state index is 0.112. The van der Waals surface area contributed by atoms with Crippen molar-refractivity contribution < 1.29 is 5.11 Å². The van der Waals surface area contributed by atoms with Gasteiger partial charge in [0.2, 0.25) is 5.95 Å². The van der Waals surface area contributed by atoms with Crippen molar-refractivity contribution in [1.29, 1.82) is 0 Å². The maximum Gasteiger partial charge on any atom is 0.225 e. The molecule has 0 aliphatic rings. The summed E-state index contributed by atoms with van der Waals surface area (Å²) < 4.78 is 1.06. The molecule has 0 aliphatic heterocycles. The number of aromatic nitrogens is 3. The first kappa shape index (κ1) is 18.8. The van der Waals surface area contributed by atoms with Gasteiger partial charge in [0, 0.05) is 40.7 Å². The fourth-order valence-electron chi connectivity index (χ4n) is 2.27. The molecule has 0 fully saturated rings. The van der Waals surface area contributed by atoms with E-state index in [1.54, 1.807) is 12.4 Å². The van der Waals surface area contributed by atoms with Crippen molar-refractivity contribution in [1.82, 2.24) is 15.0 Å². The summed E-state index contributed by atoms with van der Waals surface area (Å²) in [6.07, 6.45) is 4.06. The molecule has 134 valence electrons. The lowest BCUT2D eigenvalue weighted by Gasteiger charge is -2.12. The van der Waals surface area contributed by atoms with Crippen LogP contribution in [0.2, 0.25) is 5.02 Å². The molecule has 0 saturated carbocycles. The van der Waals surface area contributed by atoms with Gasteiger partial charge in [-0.1, -0.05) is 11.6 Å². The van der Waals surface area contributed by atoms with E-state index in [-0.39, 0.29) is 6.61 Å². The second-order valence-corrected chi connectivity index (χ2v) is 7.10. The number of aliphatic hydroxyl groups is 1. The van der Waals surface area contributed by atoms with E-state index in [0.29, 0.717) is 29.8 Å². The van der Waals surface area contributed by atoms with E-state index in [1.165, 1.54) is 0 Å². The molecule has 3 N–H and O–H groups in total. The lowest BCUT2D eigenvalue weighted by atomic mass is 10.2. The summed E-state index contributed by atoms with van der Waals surface area (Å²) in [5.74, 6) is 1.11. The van der Waals surface area contributed by atoms with Crippen LogP contribution in [-0.4, -0.2) is 33.2 Å². The summed E-state index contributed by atoms with van der Waals surface area (Å²) in [5.41, 5.74) is 2.47. The second kappa shape index (κ2) is 9.11. The van der Waals surface area contributed by atoms with E-state index in [1.807, 2.05) is 36.4 Å². The fourth-order valence-corrected chi connectivity index (χ4v) is 3.17. The molecule has 0 radical (unpaired) electrons. The van der Waals surface area contributed by atoms with Gasteiger partial charge in [0.25, 0.3) is 0 Å². The quantitative estimate of drug-likeness (QED) is 0.344. The molecular weight excluding hydrogens is 465 g/mol. The predicted octanol–water partition coefficient (Wildman–Crippen LogP) is 4.33. The van der Waals surface area contributed by atoms with Crippen molar-refractivity contribution in [2.75, 3.05) is 23.8 Å². The third-order valence-electron chi connectivity index (χ3n) is 3.51. The zero-order valence-electron chi connectivity index (χ0n) is 13.8. The van der Waals surface area contributed by atoms with Crippen molar-refractivity contribution in [2.24, 2.45) is 0 Å². The molecule has 26 heavy (non-hydrogen) atoms. The van der Waals surface area contributed by atoms with Crippen molar-refractivity contribution in [3.05, 3.63) is 57.4 Å². The number of hydrogen-bond acceptors (Lipinski definition) is 6. The number of halogens is 2. The summed E-state index contributed by atoms with van der Waals surface area (Å²) in [7, 11) is 0. The van der Waals surface area contributed by atoms with Crippen LogP contribution in [0.15, 0.2) is 48.8 Å². The highest BCUT2D eigenvalue weighted by Gasteiger charge is 2.09. The zero-order valence-corrected chi connectivity index (χ0v) is 16.7. The van der Waals surface area contributed by atoms with Gasteiger partial charge in [-0.2, -0.15) is 4.98 Å². The number of benzene rings is 1. The Kier molecular flexibility index (Phi) is 6.59. The van der Waals surface area contributed by atoms with Crippen LogP contribution < -0.4 is 10.6 Å². The largest absolute Gasteiger partial charge is 0.396 e. The van der Waals surface area contributed by atoms with Crippen LogP contribution in [-0.2, 0) is 0 Å². The molecule has 2 aromatic heterocycles. The molecule has 0 saturated heterocycles. The van der Waals surface area contributed by atoms with Crippen LogP contribution in [0.5, 0.6) is 0 Å². The smallest absolute Gasteiger partial charge is 0.225 e. The fraction of sp³-hybridized carbons (Fsp3) is 0.167. The summed E-state index contributed by atoms with van der Waals surface area (Å²) in [6, 6.07) is 11.4. The van der Waals surface area contributed by atoms with Crippen LogP contribution in [0.4, 0.5) is 17.5 Å². The zero-order chi connectivity index (χ0) is 18.4. The molecule has 3 aromatic rings. The molecule has 0 unspecified atom stereocenters. The minimum absolute atomic E-state index is 0.112. The van der Waals surface area contributed by atoms with Gasteiger partial charge in [-0.05, 0) is 59.3 Å². The molecule has 0 atom stereocenters. The van der Waals surface area contributed by atoms with Crippen molar-refractivity contribution in [2.45, 2.75) is 6.42 Å². The molecule has 3 rings (SSSR count). The van der Waals surface area contributed by atoms with E-state index in [2.05, 4.69) is 48.2 Å². The van der Waals surface area contributed by atoms with Gasteiger partial charge in [-0.25, -0.2) is 4.98 Å². The molecule has 0 amide bonds. The van der Waals surface area contributed by atoms with Gasteiger partial charge in [0.15, 0.2) is 0 Å². The Labute approximate surface area is 170 Å². The molecule has 0 spiro atoms. The normalized spacial score (nSPS) is 10.6. The molecule has 0 aliphatic carbocycles. The summed E-state index contributed by atoms with van der Waals surface area (Å²) in [4.78, 5) is 13.1. The van der Waals surface area contributed by atoms with Gasteiger partial charge >= 0.3 is 0 Å². The van der Waals surface area contributed by atoms with Crippen molar-refractivity contribution in [3.8, 4) is 11.3 Å². The average molecular weight is 482 g/mol. The number of anilines is 3. The van der Waals surface area contributed by atoms with E-state index in [4.69, 9.17) is 16.7 Å². The maximum atomic E-state index is 8.96. The third-order valence-corrected chi connectivity index (χ3v) is 4.50. The highest BCUT2D eigenvalue weighted by Crippen LogP contribution is 2.28. The van der Waals surface area contributed by atoms with Crippen molar-refractivity contribution >= 4 is 51.6 Å². The molecule has 6 nitrogen and oxygen atoms in total. The Hall–Kier alpha value is -1.97. The second-order valence-electron chi connectivity index (χ2n) is 5.45. The highest BCUT2D eigenvalue weighted by atomic mass is 127. The maximum absolute atomic E-state index is 8.96. The van der Waals surface area contributed by atoms with Gasteiger partial charge in [-0.3, -0.25) is 4.98 Å². The van der Waals surface area contributed by atoms with Gasteiger partial charge in [-0.15, -0.1) is 0 Å². The Morgan fingerprint density at radius 3 is 2.62 bits per heavy atom. The first-order valence-corrected chi connectivity index (χ1v) is 9.47. The number of nitrogens with one attached hydrogen (secondary N) is 2. The summed E-state index contributed by atoms with van der Waals surface area (Å²) in [5, 5.41) is 16.0. The van der Waals surface area contributed by atoms with Crippen molar-refractivity contribution in [3.63, 3.8) is 0 Å². The topological polar surface area (TPSA) is 83.0 Å². The van der Waals surface area contributed by atoms with E-state index in [9.17, 15) is 0 Å². The Morgan fingerprint density at radius 2 is 1.88 bits per heavy atom. The van der Waals surface area contributed by atoms with Crippen LogP contribution in [0.25, 0.3) is 11.3 Å². The first-order chi connectivity index (χ1) is 12.7. The molecule has 2 heterocycles. The standard InChI is InChI=1S/C18H17ClIN5O/c19-14-10-13(20)2-3-15(14)23-17-11-16(12-4-7-21-8-5-12)24-18(25-17)22-6-1-9-26/h2-5,7-8,10-11,26H,1,6,9H2,(H2,22,23,24,25). The van der Waals surface area contributed by atoms with Gasteiger partial charge in [0.1, 0.15) is 5.82 Å². The molecule has 0 bridgehead atoms. The molecule has 8 heteroatoms. The predicted molar refractivity (Wildman–Crippen MR) is 113 cm³/mol. The monoisotopic (exact) mass is 481 g/mol. The van der Waals surface area contributed by atoms with Crippen LogP contribution in [0.3, 0.4) is 0 Å². The highest BCUT2D eigenvalue weighted by molar-refractivity contribution is 14.1. The van der Waals surface area contributed by atoms with Gasteiger partial charge in [0.05, 0.1) is 16.4 Å². The van der Waals surface area contributed by atoms with Crippen LogP contribution in [0, 0.1) is 3.57 Å². The summed E-state index contributed by atoms with van der Waals surface area (Å²) >= 11 is 8.53. The van der Waals surface area contributed by atoms with E-state index >= 15 is 0 Å². The van der Waals surface area contributed by atoms with Crippen LogP contribution in [0.1, 0.15) is 6.42 Å². The van der Waals surface area contributed by atoms with E-state index < -0.39 is 0 Å². The summed E-state index contributed by atoms with van der Waals surface area (Å²) in [6.45, 7) is 0.695. The third kappa shape index (κ3) is 5.03. The molecule has 1 aromatic carbocycles.